The number of aliphatic hydroxyl groups is 1. The Bertz CT molecular complexity index is 525. The van der Waals surface area contributed by atoms with Gasteiger partial charge in [-0.15, -0.1) is 0 Å². The second-order valence-corrected chi connectivity index (χ2v) is 6.60. The highest BCUT2D eigenvalue weighted by Gasteiger charge is 2.16. The number of anilines is 1. The van der Waals surface area contributed by atoms with Crippen molar-refractivity contribution >= 4 is 11.6 Å². The highest BCUT2D eigenvalue weighted by Crippen LogP contribution is 2.19. The van der Waals surface area contributed by atoms with Gasteiger partial charge in [-0.2, -0.15) is 0 Å². The van der Waals surface area contributed by atoms with Crippen molar-refractivity contribution in [2.75, 3.05) is 31.6 Å². The molecule has 1 unspecified atom stereocenters. The molecule has 0 aliphatic carbocycles. The highest BCUT2D eigenvalue weighted by molar-refractivity contribution is 5.91. The predicted octanol–water partition coefficient (Wildman–Crippen LogP) is 2.17. The lowest BCUT2D eigenvalue weighted by molar-refractivity contribution is -0.118. The number of amides is 1. The van der Waals surface area contributed by atoms with Crippen LogP contribution in [0.2, 0.25) is 0 Å². The molecule has 5 heteroatoms. The van der Waals surface area contributed by atoms with E-state index in [2.05, 4.69) is 16.3 Å². The lowest BCUT2D eigenvalue weighted by Crippen LogP contribution is -2.35. The van der Waals surface area contributed by atoms with E-state index in [0.29, 0.717) is 0 Å². The van der Waals surface area contributed by atoms with Gasteiger partial charge < -0.3 is 15.2 Å². The molecule has 1 aliphatic heterocycles. The zero-order chi connectivity index (χ0) is 16.8. The third-order valence-corrected chi connectivity index (χ3v) is 4.25. The predicted molar refractivity (Wildman–Crippen MR) is 91.4 cm³/mol. The zero-order valence-electron chi connectivity index (χ0n) is 14.3. The molecule has 1 aliphatic rings. The molecular formula is C18H28N2O3. The number of morpholine rings is 1. The van der Waals surface area contributed by atoms with E-state index in [0.717, 1.165) is 44.1 Å². The maximum atomic E-state index is 12.1. The van der Waals surface area contributed by atoms with Crippen LogP contribution in [0.1, 0.15) is 31.4 Å². The second kappa shape index (κ2) is 8.43. The molecule has 0 aromatic heterocycles. The molecule has 2 N–H and O–H groups in total. The summed E-state index contributed by atoms with van der Waals surface area (Å²) in [5.74, 6) is -0.0627. The lowest BCUT2D eigenvalue weighted by Gasteiger charge is -2.26. The van der Waals surface area contributed by atoms with Crippen LogP contribution >= 0.6 is 0 Å². The third kappa shape index (κ3) is 5.61. The van der Waals surface area contributed by atoms with E-state index in [9.17, 15) is 9.90 Å². The Morgan fingerprint density at radius 3 is 2.70 bits per heavy atom. The molecule has 1 amide bonds. The first-order valence-corrected chi connectivity index (χ1v) is 8.33. The molecule has 2 rings (SSSR count). The number of carbonyl (C=O) groups excluding carboxylic acids is 1. The van der Waals surface area contributed by atoms with Gasteiger partial charge in [0.2, 0.25) is 5.91 Å². The van der Waals surface area contributed by atoms with E-state index in [4.69, 9.17) is 4.74 Å². The van der Waals surface area contributed by atoms with Gasteiger partial charge in [-0.3, -0.25) is 9.69 Å². The van der Waals surface area contributed by atoms with Crippen LogP contribution in [0.15, 0.2) is 18.2 Å². The van der Waals surface area contributed by atoms with Crippen LogP contribution < -0.4 is 5.32 Å². The van der Waals surface area contributed by atoms with Crippen molar-refractivity contribution in [3.8, 4) is 0 Å². The average molecular weight is 320 g/mol. The van der Waals surface area contributed by atoms with Gasteiger partial charge in [0.05, 0.1) is 25.7 Å². The number of aliphatic hydroxyl groups excluding tert-OH is 1. The summed E-state index contributed by atoms with van der Waals surface area (Å²) in [5, 5.41) is 12.8. The van der Waals surface area contributed by atoms with Crippen LogP contribution in [0.4, 0.5) is 5.69 Å². The molecule has 128 valence electrons. The fourth-order valence-corrected chi connectivity index (χ4v) is 2.55. The van der Waals surface area contributed by atoms with Crippen molar-refractivity contribution in [3.05, 3.63) is 29.3 Å². The minimum Gasteiger partial charge on any atom is -0.392 e. The quantitative estimate of drug-likeness (QED) is 0.843. The Kier molecular flexibility index (Phi) is 6.57. The number of ether oxygens (including phenoxy) is 1. The molecule has 1 saturated heterocycles. The van der Waals surface area contributed by atoms with Crippen molar-refractivity contribution in [3.63, 3.8) is 0 Å². The molecule has 1 atom stereocenters. The molecule has 1 aromatic carbocycles. The van der Waals surface area contributed by atoms with Crippen LogP contribution in [0, 0.1) is 12.8 Å². The van der Waals surface area contributed by atoms with Crippen LogP contribution in [-0.2, 0) is 16.1 Å². The molecule has 0 saturated carbocycles. The topological polar surface area (TPSA) is 61.8 Å². The number of rotatable bonds is 6. The maximum Gasteiger partial charge on any atom is 0.226 e. The summed E-state index contributed by atoms with van der Waals surface area (Å²) in [6.45, 7) is 10.1. The van der Waals surface area contributed by atoms with Gasteiger partial charge in [-0.25, -0.2) is 0 Å². The number of nitrogens with one attached hydrogen (secondary N) is 1. The number of benzene rings is 1. The summed E-state index contributed by atoms with van der Waals surface area (Å²) in [5.41, 5.74) is 3.04. The first kappa shape index (κ1) is 17.9. The third-order valence-electron chi connectivity index (χ3n) is 4.25. The van der Waals surface area contributed by atoms with E-state index >= 15 is 0 Å². The van der Waals surface area contributed by atoms with Crippen LogP contribution in [-0.4, -0.2) is 48.3 Å². The fourth-order valence-electron chi connectivity index (χ4n) is 2.55. The molecular weight excluding hydrogens is 292 g/mol. The minimum absolute atomic E-state index is 0.0782. The Hall–Kier alpha value is -1.43. The number of hydrogen-bond acceptors (Lipinski definition) is 4. The number of hydrogen-bond donors (Lipinski definition) is 2. The van der Waals surface area contributed by atoms with Crippen molar-refractivity contribution in [2.45, 2.75) is 39.8 Å². The van der Waals surface area contributed by atoms with Crippen LogP contribution in [0.5, 0.6) is 0 Å². The maximum absolute atomic E-state index is 12.1. The Labute approximate surface area is 138 Å². The zero-order valence-corrected chi connectivity index (χ0v) is 14.3. The van der Waals surface area contributed by atoms with Gasteiger partial charge >= 0.3 is 0 Å². The van der Waals surface area contributed by atoms with E-state index in [1.807, 2.05) is 32.9 Å². The molecule has 5 nitrogen and oxygen atoms in total. The van der Waals surface area contributed by atoms with Gasteiger partial charge in [-0.05, 0) is 30.0 Å². The summed E-state index contributed by atoms with van der Waals surface area (Å²) in [6.07, 6.45) is -0.475. The number of aryl methyl sites for hydroxylation is 1. The summed E-state index contributed by atoms with van der Waals surface area (Å²) < 4.78 is 5.37. The molecule has 0 radical (unpaired) electrons. The van der Waals surface area contributed by atoms with Crippen molar-refractivity contribution < 1.29 is 14.6 Å². The molecule has 0 bridgehead atoms. The number of nitrogens with zero attached hydrogens (tertiary/aromatic N) is 1. The summed E-state index contributed by atoms with van der Waals surface area (Å²) in [7, 11) is 0. The Morgan fingerprint density at radius 1 is 1.35 bits per heavy atom. The molecule has 23 heavy (non-hydrogen) atoms. The van der Waals surface area contributed by atoms with Gasteiger partial charge in [-0.1, -0.05) is 26.0 Å². The van der Waals surface area contributed by atoms with Crippen molar-refractivity contribution in [2.24, 2.45) is 5.92 Å². The van der Waals surface area contributed by atoms with Gasteiger partial charge in [0, 0.05) is 25.3 Å². The first-order valence-electron chi connectivity index (χ1n) is 8.33. The molecule has 1 aromatic rings. The van der Waals surface area contributed by atoms with Crippen molar-refractivity contribution in [1.82, 2.24) is 4.90 Å². The van der Waals surface area contributed by atoms with E-state index in [-0.39, 0.29) is 18.2 Å². The van der Waals surface area contributed by atoms with Gasteiger partial charge in [0.15, 0.2) is 0 Å². The normalized spacial score (nSPS) is 17.3. The molecule has 1 heterocycles. The standard InChI is InChI=1S/C18H28N2O3/c1-13(2)17(21)11-18(22)19-16-10-15(5-4-14(16)3)12-20-6-8-23-9-7-20/h4-5,10,13,17,21H,6-9,11-12H2,1-3H3,(H,19,22). The largest absolute Gasteiger partial charge is 0.392 e. The van der Waals surface area contributed by atoms with E-state index in [1.54, 1.807) is 0 Å². The van der Waals surface area contributed by atoms with Gasteiger partial charge in [0.1, 0.15) is 0 Å². The minimum atomic E-state index is -0.605. The monoisotopic (exact) mass is 320 g/mol. The number of carbonyl (C=O) groups is 1. The molecule has 0 spiro atoms. The summed E-state index contributed by atoms with van der Waals surface area (Å²) in [6, 6.07) is 6.16. The average Bonchev–Trinajstić information content (AvgIpc) is 2.51. The fraction of sp³-hybridized carbons (Fsp3) is 0.611. The van der Waals surface area contributed by atoms with E-state index < -0.39 is 6.10 Å². The Balaban J connectivity index is 1.97. The second-order valence-electron chi connectivity index (χ2n) is 6.60. The SMILES string of the molecule is Cc1ccc(CN2CCOCC2)cc1NC(=O)CC(O)C(C)C. The molecule has 1 fully saturated rings. The van der Waals surface area contributed by atoms with E-state index in [1.165, 1.54) is 5.56 Å². The lowest BCUT2D eigenvalue weighted by atomic mass is 10.0. The smallest absolute Gasteiger partial charge is 0.226 e. The summed E-state index contributed by atoms with van der Waals surface area (Å²) >= 11 is 0. The summed E-state index contributed by atoms with van der Waals surface area (Å²) in [4.78, 5) is 14.4. The van der Waals surface area contributed by atoms with Crippen molar-refractivity contribution in [1.29, 1.82) is 0 Å². The Morgan fingerprint density at radius 2 is 2.04 bits per heavy atom. The van der Waals surface area contributed by atoms with Gasteiger partial charge in [0.25, 0.3) is 0 Å². The van der Waals surface area contributed by atoms with Crippen LogP contribution in [0.3, 0.4) is 0 Å². The highest BCUT2D eigenvalue weighted by atomic mass is 16.5. The first-order chi connectivity index (χ1) is 11.0. The van der Waals surface area contributed by atoms with Crippen LogP contribution in [0.25, 0.3) is 0 Å².